The molecule has 58 heavy (non-hydrogen) atoms. The average molecular weight is 790 g/mol. The van der Waals surface area contributed by atoms with Gasteiger partial charge in [-0.3, -0.25) is 4.79 Å². The van der Waals surface area contributed by atoms with Gasteiger partial charge in [0.05, 0.1) is 12.3 Å². The largest absolute Gasteiger partial charge is 0.379 e. The minimum atomic E-state index is -1.27. The predicted molar refractivity (Wildman–Crippen MR) is 237 cm³/mol. The average Bonchev–Trinajstić information content (AvgIpc) is 3.66. The molecule has 0 unspecified atom stereocenters. The highest BCUT2D eigenvalue weighted by atomic mass is 28.3. The molecule has 0 atom stereocenters. The molecule has 0 saturated carbocycles. The van der Waals surface area contributed by atoms with Gasteiger partial charge in [0, 0.05) is 67.2 Å². The zero-order valence-electron chi connectivity index (χ0n) is 34.6. The standard InChI is InChI=1S/C48H53N6O3Si/c1-47(2,3)35-23-21-34(22-24-35)45(55)52-41-20-14-19-38(40(41)30-57-31-48(4,5)58(36-15-10-8-11-16-36)37-17-12-9-13-18-37)43-39-29-42(51-44(39)50-32-49-43)33-25-27-54(28-26-33)46(56)53(6)7/h8-25,29,32H,26-28,30-31H2,1-7H3,(H,52,55)(H,49,50,51)/q-1. The van der Waals surface area contributed by atoms with Gasteiger partial charge in [-0.25, -0.2) is 23.6 Å². The zero-order valence-corrected chi connectivity index (χ0v) is 35.6. The molecule has 4 aromatic carbocycles. The van der Waals surface area contributed by atoms with Crippen LogP contribution in [0.3, 0.4) is 0 Å². The first kappa shape index (κ1) is 40.4. The number of rotatable bonds is 11. The van der Waals surface area contributed by atoms with Gasteiger partial charge in [0.15, 0.2) is 0 Å². The molecular formula is C48H53N6O3Si-. The molecule has 7 rings (SSSR count). The van der Waals surface area contributed by atoms with Crippen molar-refractivity contribution in [2.45, 2.75) is 58.1 Å². The van der Waals surface area contributed by atoms with E-state index in [9.17, 15) is 9.59 Å². The molecule has 0 aliphatic carbocycles. The van der Waals surface area contributed by atoms with Crippen LogP contribution in [0, 0.1) is 0 Å². The molecule has 1 aliphatic heterocycles. The van der Waals surface area contributed by atoms with Crippen LogP contribution in [0.1, 0.15) is 68.2 Å². The van der Waals surface area contributed by atoms with Gasteiger partial charge in [0.1, 0.15) is 12.0 Å². The van der Waals surface area contributed by atoms with Crippen LogP contribution in [0.15, 0.2) is 122 Å². The molecule has 2 aromatic heterocycles. The van der Waals surface area contributed by atoms with E-state index < -0.39 is 8.80 Å². The van der Waals surface area contributed by atoms with Crippen LogP contribution in [0.25, 0.3) is 27.9 Å². The van der Waals surface area contributed by atoms with Crippen molar-refractivity contribution in [3.05, 3.63) is 144 Å². The first-order valence-corrected chi connectivity index (χ1v) is 21.4. The number of ether oxygens (including phenoxy) is 1. The van der Waals surface area contributed by atoms with Crippen molar-refractivity contribution < 1.29 is 14.3 Å². The number of anilines is 1. The van der Waals surface area contributed by atoms with Gasteiger partial charge in [-0.05, 0) is 47.2 Å². The summed E-state index contributed by atoms with van der Waals surface area (Å²) in [6.07, 6.45) is 4.40. The summed E-state index contributed by atoms with van der Waals surface area (Å²) in [5, 5.41) is 6.56. The number of aromatic amines is 1. The van der Waals surface area contributed by atoms with Gasteiger partial charge in [0.2, 0.25) is 0 Å². The van der Waals surface area contributed by atoms with Crippen LogP contribution in [-0.4, -0.2) is 79.3 Å². The summed E-state index contributed by atoms with van der Waals surface area (Å²) < 4.78 is 6.79. The number of nitrogens with one attached hydrogen (secondary N) is 2. The highest BCUT2D eigenvalue weighted by Gasteiger charge is 2.24. The number of H-pyrrole nitrogens is 1. The summed E-state index contributed by atoms with van der Waals surface area (Å²) in [6.45, 7) is 13.0. The zero-order chi connectivity index (χ0) is 41.0. The third-order valence-corrected chi connectivity index (χ3v) is 14.2. The Morgan fingerprint density at radius 3 is 2.14 bits per heavy atom. The fraction of sp³-hybridized carbons (Fsp3) is 0.292. The molecule has 3 amide bonds. The molecule has 2 N–H and O–H groups in total. The Morgan fingerprint density at radius 2 is 1.53 bits per heavy atom. The Bertz CT molecular complexity index is 2380. The number of aromatic nitrogens is 3. The monoisotopic (exact) mass is 789 g/mol. The second-order valence-electron chi connectivity index (χ2n) is 16.9. The normalized spacial score (nSPS) is 13.3. The van der Waals surface area contributed by atoms with Gasteiger partial charge in [0.25, 0.3) is 5.91 Å². The Balaban J connectivity index is 1.23. The van der Waals surface area contributed by atoms with Gasteiger partial charge < -0.3 is 24.8 Å². The second-order valence-corrected chi connectivity index (χ2v) is 20.1. The first-order chi connectivity index (χ1) is 27.8. The maximum absolute atomic E-state index is 13.9. The smallest absolute Gasteiger partial charge is 0.319 e. The van der Waals surface area contributed by atoms with Crippen LogP contribution in [-0.2, 0) is 16.8 Å². The molecule has 0 fully saturated rings. The maximum Gasteiger partial charge on any atom is 0.319 e. The Hall–Kier alpha value is -5.84. The molecule has 6 aromatic rings. The molecule has 0 bridgehead atoms. The van der Waals surface area contributed by atoms with Crippen LogP contribution >= 0.6 is 0 Å². The molecule has 0 spiro atoms. The van der Waals surface area contributed by atoms with E-state index in [0.717, 1.165) is 45.5 Å². The summed E-state index contributed by atoms with van der Waals surface area (Å²) in [4.78, 5) is 42.9. The number of urea groups is 1. The highest BCUT2D eigenvalue weighted by Crippen LogP contribution is 2.36. The lowest BCUT2D eigenvalue weighted by molar-refractivity contribution is 0.100. The van der Waals surface area contributed by atoms with Crippen LogP contribution < -0.4 is 15.7 Å². The molecule has 0 radical (unpaired) electrons. The number of carbonyl (C=O) groups is 2. The van der Waals surface area contributed by atoms with Gasteiger partial charge in [-0.15, -0.1) is 5.04 Å². The Labute approximate surface area is 343 Å². The molecule has 298 valence electrons. The quantitative estimate of drug-likeness (QED) is 0.128. The molecular weight excluding hydrogens is 737 g/mol. The number of amides is 3. The van der Waals surface area contributed by atoms with E-state index in [1.807, 2.05) is 47.4 Å². The Morgan fingerprint density at radius 1 is 0.862 bits per heavy atom. The van der Waals surface area contributed by atoms with Crippen molar-refractivity contribution in [3.63, 3.8) is 0 Å². The predicted octanol–water partition coefficient (Wildman–Crippen LogP) is 8.55. The summed E-state index contributed by atoms with van der Waals surface area (Å²) in [7, 11) is 2.28. The van der Waals surface area contributed by atoms with Gasteiger partial charge >= 0.3 is 6.03 Å². The van der Waals surface area contributed by atoms with E-state index in [0.29, 0.717) is 36.6 Å². The summed E-state index contributed by atoms with van der Waals surface area (Å²) in [5.74, 6) is -0.194. The number of carbonyl (C=O) groups excluding carboxylic acids is 2. The van der Waals surface area contributed by atoms with E-state index in [2.05, 4.69) is 123 Å². The van der Waals surface area contributed by atoms with Crippen molar-refractivity contribution in [3.8, 4) is 11.3 Å². The summed E-state index contributed by atoms with van der Waals surface area (Å²) in [6, 6.07) is 37.4. The fourth-order valence-electron chi connectivity index (χ4n) is 7.73. The molecule has 0 saturated heterocycles. The van der Waals surface area contributed by atoms with E-state index in [1.165, 1.54) is 10.4 Å². The van der Waals surface area contributed by atoms with Crippen molar-refractivity contribution in [1.82, 2.24) is 24.8 Å². The molecule has 10 heteroatoms. The van der Waals surface area contributed by atoms with E-state index in [-0.39, 0.29) is 29.0 Å². The topological polar surface area (TPSA) is 103 Å². The van der Waals surface area contributed by atoms with Crippen molar-refractivity contribution in [2.24, 2.45) is 0 Å². The van der Waals surface area contributed by atoms with Crippen molar-refractivity contribution >= 4 is 53.4 Å². The summed E-state index contributed by atoms with van der Waals surface area (Å²) >= 11 is 0. The van der Waals surface area contributed by atoms with Crippen LogP contribution in [0.2, 0.25) is 5.04 Å². The highest BCUT2D eigenvalue weighted by molar-refractivity contribution is 6.87. The van der Waals surface area contributed by atoms with Crippen molar-refractivity contribution in [1.29, 1.82) is 0 Å². The number of benzene rings is 4. The SMILES string of the molecule is CN(C)C(=O)N1CC=C(c2cc3c(-c4cccc(NC(=O)c5ccc(C(C)(C)C)cc5)c4COCC(C)(C)[Si-](c4ccccc4)c4ccccc4)ncnc3[nH]2)CC1. The molecule has 1 aliphatic rings. The molecule has 3 heterocycles. The summed E-state index contributed by atoms with van der Waals surface area (Å²) in [5.41, 5.74) is 7.62. The lowest BCUT2D eigenvalue weighted by Crippen LogP contribution is -2.51. The van der Waals surface area contributed by atoms with Crippen LogP contribution in [0.5, 0.6) is 0 Å². The lowest BCUT2D eigenvalue weighted by atomic mass is 9.86. The maximum atomic E-state index is 13.9. The third kappa shape index (κ3) is 8.83. The van der Waals surface area contributed by atoms with E-state index >= 15 is 0 Å². The first-order valence-electron chi connectivity index (χ1n) is 19.9. The van der Waals surface area contributed by atoms with E-state index in [4.69, 9.17) is 9.72 Å². The lowest BCUT2D eigenvalue weighted by Gasteiger charge is -2.48. The minimum Gasteiger partial charge on any atom is -0.379 e. The minimum absolute atomic E-state index is 0.00417. The number of hydrogen-bond acceptors (Lipinski definition) is 5. The number of hydrogen-bond donors (Lipinski definition) is 2. The number of nitrogens with zero attached hydrogens (tertiary/aromatic N) is 4. The number of fused-ring (bicyclic) bond motifs is 1. The van der Waals surface area contributed by atoms with Crippen molar-refractivity contribution in [2.75, 3.05) is 39.1 Å². The van der Waals surface area contributed by atoms with Crippen LogP contribution in [0.4, 0.5) is 10.5 Å². The molecule has 9 nitrogen and oxygen atoms in total. The second kappa shape index (κ2) is 16.9. The van der Waals surface area contributed by atoms with Gasteiger partial charge in [-0.2, -0.15) is 10.4 Å². The van der Waals surface area contributed by atoms with E-state index in [1.54, 1.807) is 25.3 Å². The van der Waals surface area contributed by atoms with Gasteiger partial charge in [-0.1, -0.05) is 126 Å². The third-order valence-electron chi connectivity index (χ3n) is 10.8. The fourth-order valence-corrected chi connectivity index (χ4v) is 10.9. The Kier molecular flexibility index (Phi) is 11.8.